The van der Waals surface area contributed by atoms with Crippen molar-refractivity contribution in [3.8, 4) is 56.4 Å². The first kappa shape index (κ1) is 28.8. The molecule has 9 aromatic rings. The van der Waals surface area contributed by atoms with Crippen molar-refractivity contribution in [1.82, 2.24) is 15.0 Å². The molecular formula is C45H31N3OSi. The Labute approximate surface area is 290 Å². The lowest BCUT2D eigenvalue weighted by atomic mass is 9.98. The largest absolute Gasteiger partial charge is 0.455 e. The van der Waals surface area contributed by atoms with Crippen LogP contribution >= 0.6 is 0 Å². The normalized spacial score (nSPS) is 13.2. The number of para-hydroxylation sites is 1. The van der Waals surface area contributed by atoms with E-state index in [2.05, 4.69) is 153 Å². The summed E-state index contributed by atoms with van der Waals surface area (Å²) in [4.78, 5) is 15.8. The highest BCUT2D eigenvalue weighted by Gasteiger charge is 2.40. The molecule has 0 atom stereocenters. The second-order valence-corrected chi connectivity index (χ2v) is 17.9. The van der Waals surface area contributed by atoms with Gasteiger partial charge in [0.1, 0.15) is 19.2 Å². The van der Waals surface area contributed by atoms with E-state index in [4.69, 9.17) is 19.4 Å². The molecule has 236 valence electrons. The molecular weight excluding hydrogens is 627 g/mol. The Morgan fingerprint density at radius 1 is 0.460 bits per heavy atom. The summed E-state index contributed by atoms with van der Waals surface area (Å²) in [5.74, 6) is 1.93. The molecule has 4 nitrogen and oxygen atoms in total. The van der Waals surface area contributed by atoms with Crippen LogP contribution in [0.2, 0.25) is 13.1 Å². The minimum absolute atomic E-state index is 0.638. The van der Waals surface area contributed by atoms with Crippen molar-refractivity contribution < 1.29 is 4.42 Å². The maximum Gasteiger partial charge on any atom is 0.164 e. The highest BCUT2D eigenvalue weighted by Crippen LogP contribution is 2.43. The van der Waals surface area contributed by atoms with E-state index in [1.807, 2.05) is 12.1 Å². The van der Waals surface area contributed by atoms with Crippen molar-refractivity contribution in [3.05, 3.63) is 152 Å². The van der Waals surface area contributed by atoms with Crippen LogP contribution in [0, 0.1) is 0 Å². The summed E-state index contributed by atoms with van der Waals surface area (Å²) in [6.45, 7) is 4.87. The maximum absolute atomic E-state index is 6.80. The number of rotatable bonds is 4. The molecule has 0 aliphatic carbocycles. The number of benzene rings is 7. The molecule has 1 aliphatic heterocycles. The van der Waals surface area contributed by atoms with Crippen molar-refractivity contribution in [1.29, 1.82) is 0 Å². The first-order chi connectivity index (χ1) is 24.5. The lowest BCUT2D eigenvalue weighted by Gasteiger charge is -2.19. The van der Waals surface area contributed by atoms with Crippen molar-refractivity contribution in [2.75, 3.05) is 0 Å². The molecule has 3 heterocycles. The summed E-state index contributed by atoms with van der Waals surface area (Å²) < 4.78 is 6.80. The molecule has 0 amide bonds. The van der Waals surface area contributed by atoms with Gasteiger partial charge in [0, 0.05) is 33.0 Å². The van der Waals surface area contributed by atoms with Gasteiger partial charge in [0.2, 0.25) is 0 Å². The van der Waals surface area contributed by atoms with Crippen molar-refractivity contribution in [2.24, 2.45) is 0 Å². The van der Waals surface area contributed by atoms with Crippen molar-refractivity contribution >= 4 is 51.2 Å². The predicted molar refractivity (Wildman–Crippen MR) is 209 cm³/mol. The number of aromatic nitrogens is 3. The second-order valence-electron chi connectivity index (χ2n) is 13.6. The molecule has 0 radical (unpaired) electrons. The Hall–Kier alpha value is -6.17. The first-order valence-corrected chi connectivity index (χ1v) is 20.0. The summed E-state index contributed by atoms with van der Waals surface area (Å²) in [5, 5.41) is 7.13. The minimum Gasteiger partial charge on any atom is -0.455 e. The Morgan fingerprint density at radius 3 is 1.90 bits per heavy atom. The molecule has 1 aliphatic rings. The number of furan rings is 1. The van der Waals surface area contributed by atoms with Gasteiger partial charge in [-0.05, 0) is 50.0 Å². The van der Waals surface area contributed by atoms with E-state index in [1.54, 1.807) is 0 Å². The monoisotopic (exact) mass is 657 g/mol. The number of fused-ring (bicyclic) bond motifs is 8. The number of nitrogens with zero attached hydrogens (tertiary/aromatic N) is 3. The fraction of sp³-hybridized carbons (Fsp3) is 0.0444. The highest BCUT2D eigenvalue weighted by atomic mass is 28.3. The van der Waals surface area contributed by atoms with Gasteiger partial charge in [0.15, 0.2) is 17.5 Å². The van der Waals surface area contributed by atoms with Crippen LogP contribution in [0.5, 0.6) is 0 Å². The van der Waals surface area contributed by atoms with Gasteiger partial charge in [-0.1, -0.05) is 153 Å². The Bertz CT molecular complexity index is 2780. The van der Waals surface area contributed by atoms with Gasteiger partial charge < -0.3 is 4.42 Å². The van der Waals surface area contributed by atoms with Gasteiger partial charge in [0.25, 0.3) is 0 Å². The average molecular weight is 658 g/mol. The fourth-order valence-electron chi connectivity index (χ4n) is 7.84. The van der Waals surface area contributed by atoms with E-state index in [1.165, 1.54) is 27.1 Å². The summed E-state index contributed by atoms with van der Waals surface area (Å²) in [5.41, 5.74) is 9.47. The predicted octanol–water partition coefficient (Wildman–Crippen LogP) is 10.4. The van der Waals surface area contributed by atoms with Gasteiger partial charge in [-0.2, -0.15) is 0 Å². The average Bonchev–Trinajstić information content (AvgIpc) is 3.67. The molecule has 0 bridgehead atoms. The van der Waals surface area contributed by atoms with E-state index in [-0.39, 0.29) is 0 Å². The molecule has 0 N–H and O–H groups in total. The van der Waals surface area contributed by atoms with Gasteiger partial charge in [-0.15, -0.1) is 0 Å². The summed E-state index contributed by atoms with van der Waals surface area (Å²) in [6.07, 6.45) is 0. The van der Waals surface area contributed by atoms with E-state index < -0.39 is 8.07 Å². The van der Waals surface area contributed by atoms with Crippen LogP contribution in [-0.4, -0.2) is 23.0 Å². The number of hydrogen-bond acceptors (Lipinski definition) is 4. The first-order valence-electron chi connectivity index (χ1n) is 17.0. The van der Waals surface area contributed by atoms with Crippen LogP contribution in [0.25, 0.3) is 89.1 Å². The topological polar surface area (TPSA) is 51.8 Å². The van der Waals surface area contributed by atoms with Crippen LogP contribution in [0.1, 0.15) is 0 Å². The molecule has 0 spiro atoms. The second kappa shape index (κ2) is 10.9. The SMILES string of the molecule is C[Si]1(C)c2ccccc2-c2c1cc(-c1nc(-c3ccc(-c4ccccc4)cc3)nc(-c3cccc4ccccc34)n1)c1c2oc2ccccc21. The zero-order valence-electron chi connectivity index (χ0n) is 27.7. The molecule has 2 aromatic heterocycles. The third kappa shape index (κ3) is 4.33. The molecule has 0 fully saturated rings. The lowest BCUT2D eigenvalue weighted by Crippen LogP contribution is -2.49. The Morgan fingerprint density at radius 2 is 1.06 bits per heavy atom. The number of hydrogen-bond donors (Lipinski definition) is 0. The molecule has 7 aromatic carbocycles. The summed E-state index contributed by atoms with van der Waals surface area (Å²) in [7, 11) is -2.07. The smallest absolute Gasteiger partial charge is 0.164 e. The van der Waals surface area contributed by atoms with Crippen LogP contribution < -0.4 is 10.4 Å². The minimum atomic E-state index is -2.07. The zero-order valence-corrected chi connectivity index (χ0v) is 28.7. The van der Waals surface area contributed by atoms with Crippen molar-refractivity contribution in [3.63, 3.8) is 0 Å². The fourth-order valence-corrected chi connectivity index (χ4v) is 10.9. The van der Waals surface area contributed by atoms with Crippen LogP contribution in [0.4, 0.5) is 0 Å². The van der Waals surface area contributed by atoms with E-state index in [0.717, 1.165) is 55.0 Å². The molecule has 5 heteroatoms. The van der Waals surface area contributed by atoms with E-state index in [0.29, 0.717) is 17.5 Å². The van der Waals surface area contributed by atoms with Gasteiger partial charge in [-0.25, -0.2) is 15.0 Å². The van der Waals surface area contributed by atoms with E-state index >= 15 is 0 Å². The Balaban J connectivity index is 1.27. The van der Waals surface area contributed by atoms with Gasteiger partial charge >= 0.3 is 0 Å². The molecule has 50 heavy (non-hydrogen) atoms. The van der Waals surface area contributed by atoms with Crippen molar-refractivity contribution in [2.45, 2.75) is 13.1 Å². The van der Waals surface area contributed by atoms with E-state index in [9.17, 15) is 0 Å². The van der Waals surface area contributed by atoms with Gasteiger partial charge in [-0.3, -0.25) is 0 Å². The van der Waals surface area contributed by atoms with Crippen LogP contribution in [-0.2, 0) is 0 Å². The third-order valence-corrected chi connectivity index (χ3v) is 13.9. The van der Waals surface area contributed by atoms with Gasteiger partial charge in [0.05, 0.1) is 0 Å². The molecule has 10 rings (SSSR count). The van der Waals surface area contributed by atoms with Crippen LogP contribution in [0.3, 0.4) is 0 Å². The van der Waals surface area contributed by atoms with Crippen LogP contribution in [0.15, 0.2) is 156 Å². The maximum atomic E-state index is 6.80. The highest BCUT2D eigenvalue weighted by molar-refractivity contribution is 7.04. The third-order valence-electron chi connectivity index (χ3n) is 10.4. The zero-order chi connectivity index (χ0) is 33.4. The summed E-state index contributed by atoms with van der Waals surface area (Å²) >= 11 is 0. The standard InChI is InChI=1S/C45H31N3OSi/c1-50(2)38-22-11-9-19-35(38)41-39(50)27-36(40-34-18-8-10-21-37(34)49-42(40)41)45-47-43(31-25-23-29(24-26-31)28-13-4-3-5-14-28)46-44(48-45)33-20-12-16-30-15-6-7-17-32(30)33/h3-27H,1-2H3. The lowest BCUT2D eigenvalue weighted by molar-refractivity contribution is 0.670. The quantitative estimate of drug-likeness (QED) is 0.177. The summed E-state index contributed by atoms with van der Waals surface area (Å²) in [6, 6.07) is 53.3. The Kier molecular flexibility index (Phi) is 6.29. The molecule has 0 saturated heterocycles. The molecule has 0 saturated carbocycles. The molecule has 0 unspecified atom stereocenters.